The van der Waals surface area contributed by atoms with Crippen molar-refractivity contribution in [1.29, 1.82) is 0 Å². The molecule has 7 heteroatoms. The number of hydrogen-bond acceptors (Lipinski definition) is 6. The zero-order valence-electron chi connectivity index (χ0n) is 14.9. The van der Waals surface area contributed by atoms with Gasteiger partial charge in [0, 0.05) is 18.5 Å². The van der Waals surface area contributed by atoms with Crippen molar-refractivity contribution >= 4 is 40.0 Å². The van der Waals surface area contributed by atoms with E-state index in [4.69, 9.17) is 5.73 Å². The normalized spacial score (nSPS) is 17.1. The monoisotopic (exact) mass is 398 g/mol. The standard InChI is InChI=1S/C20H22N4OS2/c21-11-14-5-3-9-24(12-14)17-7-2-1-6-15(17)22-19(25)16-13-27-20(23-16)18-8-4-10-26-18/h1-2,4,6-8,10,13-14H,3,5,9,11-12,21H2,(H,22,25). The number of thiazole rings is 1. The predicted octanol–water partition coefficient (Wildman–Crippen LogP) is 4.30. The highest BCUT2D eigenvalue weighted by atomic mass is 32.1. The van der Waals surface area contributed by atoms with Crippen molar-refractivity contribution in [3.8, 4) is 9.88 Å². The van der Waals surface area contributed by atoms with E-state index in [1.54, 1.807) is 11.3 Å². The molecule has 2 aromatic heterocycles. The molecule has 1 amide bonds. The summed E-state index contributed by atoms with van der Waals surface area (Å²) in [5.74, 6) is 0.336. The molecule has 1 saturated heterocycles. The lowest BCUT2D eigenvalue weighted by molar-refractivity contribution is 0.102. The zero-order chi connectivity index (χ0) is 18.6. The van der Waals surface area contributed by atoms with Gasteiger partial charge in [-0.05, 0) is 48.9 Å². The van der Waals surface area contributed by atoms with Crippen LogP contribution in [0.1, 0.15) is 23.3 Å². The van der Waals surface area contributed by atoms with E-state index in [0.717, 1.165) is 40.8 Å². The number of benzene rings is 1. The summed E-state index contributed by atoms with van der Waals surface area (Å²) in [6.45, 7) is 2.63. The summed E-state index contributed by atoms with van der Waals surface area (Å²) in [5.41, 5.74) is 8.21. The third kappa shape index (κ3) is 4.05. The molecule has 27 heavy (non-hydrogen) atoms. The van der Waals surface area contributed by atoms with Gasteiger partial charge in [-0.2, -0.15) is 0 Å². The molecule has 3 N–H and O–H groups in total. The van der Waals surface area contributed by atoms with Gasteiger partial charge in [0.05, 0.1) is 16.3 Å². The van der Waals surface area contributed by atoms with E-state index in [9.17, 15) is 4.79 Å². The van der Waals surface area contributed by atoms with Crippen molar-refractivity contribution < 1.29 is 4.79 Å². The van der Waals surface area contributed by atoms with Crippen LogP contribution in [0, 0.1) is 5.92 Å². The Hall–Kier alpha value is -2.22. The van der Waals surface area contributed by atoms with Crippen LogP contribution in [0.2, 0.25) is 0 Å². The van der Waals surface area contributed by atoms with Gasteiger partial charge < -0.3 is 16.0 Å². The largest absolute Gasteiger partial charge is 0.370 e. The Morgan fingerprint density at radius 2 is 2.15 bits per heavy atom. The Bertz CT molecular complexity index is 906. The fourth-order valence-electron chi connectivity index (χ4n) is 3.41. The zero-order valence-corrected chi connectivity index (χ0v) is 16.6. The average molecular weight is 399 g/mol. The first-order valence-corrected chi connectivity index (χ1v) is 10.9. The van der Waals surface area contributed by atoms with Gasteiger partial charge >= 0.3 is 0 Å². The second-order valence-electron chi connectivity index (χ2n) is 6.68. The van der Waals surface area contributed by atoms with Gasteiger partial charge in [-0.1, -0.05) is 18.2 Å². The maximum Gasteiger partial charge on any atom is 0.275 e. The van der Waals surface area contributed by atoms with Crippen LogP contribution in [0.25, 0.3) is 9.88 Å². The topological polar surface area (TPSA) is 71.2 Å². The van der Waals surface area contributed by atoms with Crippen LogP contribution < -0.4 is 16.0 Å². The lowest BCUT2D eigenvalue weighted by Crippen LogP contribution is -2.38. The maximum atomic E-state index is 12.8. The number of para-hydroxylation sites is 2. The number of nitrogens with two attached hydrogens (primary N) is 1. The first kappa shape index (κ1) is 18.2. The van der Waals surface area contributed by atoms with Gasteiger partial charge in [0.2, 0.25) is 0 Å². The fraction of sp³-hybridized carbons (Fsp3) is 0.300. The molecular formula is C20H22N4OS2. The van der Waals surface area contributed by atoms with Gasteiger partial charge in [-0.15, -0.1) is 22.7 Å². The number of nitrogens with zero attached hydrogens (tertiary/aromatic N) is 2. The van der Waals surface area contributed by atoms with Crippen molar-refractivity contribution in [2.45, 2.75) is 12.8 Å². The number of carbonyl (C=O) groups excluding carboxylic acids is 1. The third-order valence-corrected chi connectivity index (χ3v) is 6.70. The van der Waals surface area contributed by atoms with E-state index in [-0.39, 0.29) is 5.91 Å². The van der Waals surface area contributed by atoms with Crippen LogP contribution in [0.15, 0.2) is 47.2 Å². The molecule has 0 bridgehead atoms. The Morgan fingerprint density at radius 3 is 2.96 bits per heavy atom. The van der Waals surface area contributed by atoms with Crippen LogP contribution in [0.4, 0.5) is 11.4 Å². The Morgan fingerprint density at radius 1 is 1.26 bits per heavy atom. The highest BCUT2D eigenvalue weighted by Gasteiger charge is 2.22. The molecule has 140 valence electrons. The van der Waals surface area contributed by atoms with Gasteiger partial charge in [0.1, 0.15) is 10.7 Å². The minimum Gasteiger partial charge on any atom is -0.370 e. The summed E-state index contributed by atoms with van der Waals surface area (Å²) < 4.78 is 0. The number of anilines is 2. The molecule has 0 spiro atoms. The van der Waals surface area contributed by atoms with E-state index >= 15 is 0 Å². The predicted molar refractivity (Wildman–Crippen MR) is 114 cm³/mol. The molecule has 5 nitrogen and oxygen atoms in total. The number of aromatic nitrogens is 1. The lowest BCUT2D eigenvalue weighted by Gasteiger charge is -2.35. The Labute approximate surface area is 166 Å². The van der Waals surface area contributed by atoms with Crippen LogP contribution in [0.3, 0.4) is 0 Å². The Kier molecular flexibility index (Phi) is 5.52. The number of rotatable bonds is 5. The number of piperidine rings is 1. The molecule has 1 fully saturated rings. The second-order valence-corrected chi connectivity index (χ2v) is 8.48. The van der Waals surface area contributed by atoms with E-state index in [0.29, 0.717) is 18.2 Å². The van der Waals surface area contributed by atoms with Gasteiger partial charge in [-0.25, -0.2) is 4.98 Å². The first-order chi connectivity index (χ1) is 13.2. The van der Waals surface area contributed by atoms with Crippen LogP contribution >= 0.6 is 22.7 Å². The molecule has 1 aromatic carbocycles. The molecule has 0 radical (unpaired) electrons. The second kappa shape index (κ2) is 8.21. The lowest BCUT2D eigenvalue weighted by atomic mass is 9.97. The van der Waals surface area contributed by atoms with Gasteiger partial charge in [0.15, 0.2) is 0 Å². The van der Waals surface area contributed by atoms with E-state index in [1.807, 2.05) is 41.1 Å². The number of nitrogens with one attached hydrogen (secondary N) is 1. The smallest absolute Gasteiger partial charge is 0.275 e. The molecule has 4 rings (SSSR count). The summed E-state index contributed by atoms with van der Waals surface area (Å²) >= 11 is 3.12. The highest BCUT2D eigenvalue weighted by Crippen LogP contribution is 2.31. The van der Waals surface area contributed by atoms with Crippen LogP contribution in [0.5, 0.6) is 0 Å². The van der Waals surface area contributed by atoms with Crippen LogP contribution in [-0.4, -0.2) is 30.5 Å². The van der Waals surface area contributed by atoms with Crippen molar-refractivity contribution in [1.82, 2.24) is 4.98 Å². The first-order valence-electron chi connectivity index (χ1n) is 9.09. The number of hydrogen-bond donors (Lipinski definition) is 2. The molecule has 1 unspecified atom stereocenters. The summed E-state index contributed by atoms with van der Waals surface area (Å²) in [6, 6.07) is 12.0. The summed E-state index contributed by atoms with van der Waals surface area (Å²) in [5, 5.41) is 7.76. The maximum absolute atomic E-state index is 12.8. The SMILES string of the molecule is NCC1CCCN(c2ccccc2NC(=O)c2csc(-c3cccs3)n2)C1. The molecule has 3 heterocycles. The number of carbonyl (C=O) groups is 1. The molecule has 1 aliphatic heterocycles. The Balaban J connectivity index is 1.52. The van der Waals surface area contributed by atoms with Crippen molar-refractivity contribution in [2.24, 2.45) is 11.7 Å². The molecule has 0 saturated carbocycles. The highest BCUT2D eigenvalue weighted by molar-refractivity contribution is 7.20. The number of amides is 1. The van der Waals surface area contributed by atoms with E-state index in [1.165, 1.54) is 17.8 Å². The van der Waals surface area contributed by atoms with Crippen molar-refractivity contribution in [3.63, 3.8) is 0 Å². The van der Waals surface area contributed by atoms with Crippen molar-refractivity contribution in [2.75, 3.05) is 29.9 Å². The third-order valence-electron chi connectivity index (χ3n) is 4.81. The van der Waals surface area contributed by atoms with E-state index in [2.05, 4.69) is 21.3 Å². The quantitative estimate of drug-likeness (QED) is 0.672. The fourth-order valence-corrected chi connectivity index (χ4v) is 5.02. The van der Waals surface area contributed by atoms with Crippen molar-refractivity contribution in [3.05, 3.63) is 52.9 Å². The minimum atomic E-state index is -0.172. The summed E-state index contributed by atoms with van der Waals surface area (Å²) in [7, 11) is 0. The van der Waals surface area contributed by atoms with Crippen LogP contribution in [-0.2, 0) is 0 Å². The minimum absolute atomic E-state index is 0.172. The molecular weight excluding hydrogens is 376 g/mol. The summed E-state index contributed by atoms with van der Waals surface area (Å²) in [4.78, 5) is 20.7. The summed E-state index contributed by atoms with van der Waals surface area (Å²) in [6.07, 6.45) is 2.30. The molecule has 1 atom stereocenters. The average Bonchev–Trinajstić information content (AvgIpc) is 3.40. The molecule has 1 aliphatic rings. The number of thiophene rings is 1. The van der Waals surface area contributed by atoms with E-state index < -0.39 is 0 Å². The molecule has 3 aromatic rings. The van der Waals surface area contributed by atoms with Gasteiger partial charge in [0.25, 0.3) is 5.91 Å². The molecule has 0 aliphatic carbocycles. The van der Waals surface area contributed by atoms with Gasteiger partial charge in [-0.3, -0.25) is 4.79 Å².